The van der Waals surface area contributed by atoms with Crippen LogP contribution in [0.3, 0.4) is 0 Å². The summed E-state index contributed by atoms with van der Waals surface area (Å²) in [6, 6.07) is 0. The molecule has 11 bridgehead atoms. The number of rotatable bonds is 0. The Labute approximate surface area is 121 Å². The second kappa shape index (κ2) is 2.77. The third kappa shape index (κ3) is 0.850. The average molecular weight is 270 g/mol. The third-order valence-corrected chi connectivity index (χ3v) is 10.0. The summed E-state index contributed by atoms with van der Waals surface area (Å²) in [5.74, 6) is 9.48. The zero-order valence-corrected chi connectivity index (χ0v) is 12.3. The van der Waals surface area contributed by atoms with E-state index in [-0.39, 0.29) is 5.60 Å². The summed E-state index contributed by atoms with van der Waals surface area (Å²) in [5.41, 5.74) is 0.414. The predicted molar refractivity (Wildman–Crippen MR) is 75.7 cm³/mol. The van der Waals surface area contributed by atoms with Crippen molar-refractivity contribution < 1.29 is 5.11 Å². The van der Waals surface area contributed by atoms with Crippen LogP contribution in [-0.4, -0.2) is 10.7 Å². The van der Waals surface area contributed by atoms with Crippen molar-refractivity contribution >= 4 is 0 Å². The van der Waals surface area contributed by atoms with E-state index < -0.39 is 0 Å². The summed E-state index contributed by atoms with van der Waals surface area (Å²) in [5, 5.41) is 11.2. The molecule has 10 rings (SSSR count). The lowest BCUT2D eigenvalue weighted by Crippen LogP contribution is -2.76. The van der Waals surface area contributed by atoms with Crippen molar-refractivity contribution in [3.05, 3.63) is 0 Å². The zero-order valence-electron chi connectivity index (χ0n) is 12.3. The monoisotopic (exact) mass is 270 g/mol. The molecule has 0 radical (unpaired) electrons. The molecule has 108 valence electrons. The molecule has 1 N–H and O–H groups in total. The molecule has 6 unspecified atom stereocenters. The van der Waals surface area contributed by atoms with Crippen LogP contribution in [0.15, 0.2) is 0 Å². The smallest absolute Gasteiger partial charge is 0.0659 e. The lowest BCUT2D eigenvalue weighted by Gasteiger charge is -2.80. The molecule has 10 aliphatic rings. The van der Waals surface area contributed by atoms with E-state index >= 15 is 0 Å². The highest BCUT2D eigenvalue weighted by Gasteiger charge is 2.78. The highest BCUT2D eigenvalue weighted by Crippen LogP contribution is 2.83. The standard InChI is InChI=1S/C19H26O/c20-18-6-14-11-5-10-12-3-9-1-2-19(8-18,16(12)14)17(13(10)4-9)15(11)7-18/h9-17,20H,1-8H2. The van der Waals surface area contributed by atoms with E-state index in [1.807, 2.05) is 0 Å². The molecular formula is C19H26O. The van der Waals surface area contributed by atoms with Gasteiger partial charge in [0.25, 0.3) is 0 Å². The van der Waals surface area contributed by atoms with Crippen molar-refractivity contribution in [2.45, 2.75) is 57.0 Å². The number of hydrogen-bond acceptors (Lipinski definition) is 1. The van der Waals surface area contributed by atoms with Gasteiger partial charge in [0, 0.05) is 0 Å². The number of hydrogen-bond donors (Lipinski definition) is 1. The van der Waals surface area contributed by atoms with E-state index in [0.717, 1.165) is 53.3 Å². The molecule has 10 saturated carbocycles. The molecule has 10 aliphatic carbocycles. The summed E-state index contributed by atoms with van der Waals surface area (Å²) < 4.78 is 0. The van der Waals surface area contributed by atoms with Crippen LogP contribution in [0, 0.1) is 58.7 Å². The maximum absolute atomic E-state index is 11.2. The van der Waals surface area contributed by atoms with Crippen molar-refractivity contribution in [3.8, 4) is 0 Å². The van der Waals surface area contributed by atoms with Gasteiger partial charge >= 0.3 is 0 Å². The Morgan fingerprint density at radius 2 is 1.40 bits per heavy atom. The first-order valence-electron chi connectivity index (χ1n) is 9.41. The van der Waals surface area contributed by atoms with Crippen LogP contribution in [0.5, 0.6) is 0 Å². The Balaban J connectivity index is 1.55. The van der Waals surface area contributed by atoms with E-state index in [2.05, 4.69) is 0 Å². The predicted octanol–water partition coefficient (Wildman–Crippen LogP) is 3.47. The van der Waals surface area contributed by atoms with Gasteiger partial charge in [-0.3, -0.25) is 0 Å². The van der Waals surface area contributed by atoms with Crippen LogP contribution < -0.4 is 0 Å². The largest absolute Gasteiger partial charge is 0.390 e. The summed E-state index contributed by atoms with van der Waals surface area (Å²) in [6.07, 6.45) is 11.4. The van der Waals surface area contributed by atoms with Crippen molar-refractivity contribution in [2.24, 2.45) is 58.7 Å². The van der Waals surface area contributed by atoms with Crippen molar-refractivity contribution in [1.82, 2.24) is 0 Å². The van der Waals surface area contributed by atoms with Gasteiger partial charge < -0.3 is 5.11 Å². The molecule has 0 aromatic rings. The van der Waals surface area contributed by atoms with Gasteiger partial charge in [0.05, 0.1) is 5.60 Å². The van der Waals surface area contributed by atoms with E-state index in [9.17, 15) is 5.11 Å². The Kier molecular flexibility index (Phi) is 1.48. The Morgan fingerprint density at radius 1 is 0.750 bits per heavy atom. The van der Waals surface area contributed by atoms with Crippen LogP contribution in [0.25, 0.3) is 0 Å². The van der Waals surface area contributed by atoms with Gasteiger partial charge in [0.2, 0.25) is 0 Å². The molecule has 20 heavy (non-hydrogen) atoms. The minimum atomic E-state index is -0.220. The van der Waals surface area contributed by atoms with Crippen LogP contribution in [0.1, 0.15) is 51.4 Å². The molecule has 1 nitrogen and oxygen atoms in total. The fourth-order valence-electron chi connectivity index (χ4n) is 10.4. The summed E-state index contributed by atoms with van der Waals surface area (Å²) in [6.45, 7) is 0. The molecule has 10 fully saturated rings. The minimum Gasteiger partial charge on any atom is -0.390 e. The van der Waals surface area contributed by atoms with Gasteiger partial charge in [-0.25, -0.2) is 0 Å². The Bertz CT molecular complexity index is 492. The molecule has 0 aromatic heterocycles. The van der Waals surface area contributed by atoms with Gasteiger partial charge in [-0.05, 0) is 110 Å². The molecule has 0 aliphatic heterocycles. The highest BCUT2D eigenvalue weighted by molar-refractivity contribution is 5.27. The first-order chi connectivity index (χ1) is 9.69. The zero-order chi connectivity index (χ0) is 12.9. The van der Waals surface area contributed by atoms with Crippen molar-refractivity contribution in [1.29, 1.82) is 0 Å². The molecule has 0 amide bonds. The fourth-order valence-corrected chi connectivity index (χ4v) is 10.4. The topological polar surface area (TPSA) is 20.2 Å². The normalized spacial score (nSPS) is 77.5. The van der Waals surface area contributed by atoms with Crippen LogP contribution >= 0.6 is 0 Å². The van der Waals surface area contributed by atoms with Crippen LogP contribution in [0.4, 0.5) is 0 Å². The Hall–Kier alpha value is -0.0400. The quantitative estimate of drug-likeness (QED) is 0.714. The van der Waals surface area contributed by atoms with Gasteiger partial charge in [0.1, 0.15) is 0 Å². The second-order valence-electron chi connectivity index (χ2n) is 10.2. The lowest BCUT2D eigenvalue weighted by molar-refractivity contribution is -0.338. The second-order valence-corrected chi connectivity index (χ2v) is 10.2. The van der Waals surface area contributed by atoms with E-state index in [1.165, 1.54) is 32.1 Å². The third-order valence-electron chi connectivity index (χ3n) is 10.0. The van der Waals surface area contributed by atoms with Crippen LogP contribution in [-0.2, 0) is 0 Å². The molecule has 1 spiro atoms. The minimum absolute atomic E-state index is 0.220. The number of aliphatic hydroxyl groups is 1. The summed E-state index contributed by atoms with van der Waals surface area (Å²) in [4.78, 5) is 0. The SMILES string of the molecule is OC12CC3C4CC5C6CC7CCC(C1)(C63)C(C5C7)C4C2. The van der Waals surface area contributed by atoms with E-state index in [0.29, 0.717) is 5.41 Å². The molecule has 0 saturated heterocycles. The summed E-state index contributed by atoms with van der Waals surface area (Å²) in [7, 11) is 0. The molecule has 1 heteroatoms. The average Bonchev–Trinajstić information content (AvgIpc) is 2.62. The first-order valence-corrected chi connectivity index (χ1v) is 9.41. The molecular weight excluding hydrogens is 244 g/mol. The first kappa shape index (κ1) is 10.6. The molecule has 6 atom stereocenters. The van der Waals surface area contributed by atoms with Gasteiger partial charge in [-0.15, -0.1) is 0 Å². The molecule has 0 aromatic carbocycles. The maximum Gasteiger partial charge on any atom is 0.0659 e. The Morgan fingerprint density at radius 3 is 2.10 bits per heavy atom. The highest BCUT2D eigenvalue weighted by atomic mass is 16.3. The van der Waals surface area contributed by atoms with Gasteiger partial charge in [-0.2, -0.15) is 0 Å². The van der Waals surface area contributed by atoms with Crippen molar-refractivity contribution in [3.63, 3.8) is 0 Å². The van der Waals surface area contributed by atoms with Crippen LogP contribution in [0.2, 0.25) is 0 Å². The van der Waals surface area contributed by atoms with Crippen molar-refractivity contribution in [2.75, 3.05) is 0 Å². The molecule has 0 heterocycles. The van der Waals surface area contributed by atoms with E-state index in [4.69, 9.17) is 0 Å². The summed E-state index contributed by atoms with van der Waals surface area (Å²) >= 11 is 0. The van der Waals surface area contributed by atoms with Gasteiger partial charge in [-0.1, -0.05) is 0 Å². The fraction of sp³-hybridized carbons (Fsp3) is 1.00. The number of fused-ring (bicyclic) bond motifs is 1. The van der Waals surface area contributed by atoms with E-state index in [1.54, 1.807) is 19.3 Å². The lowest BCUT2D eigenvalue weighted by atomic mass is 9.25. The maximum atomic E-state index is 11.2. The van der Waals surface area contributed by atoms with Gasteiger partial charge in [0.15, 0.2) is 0 Å².